The quantitative estimate of drug-likeness (QED) is 0.431. The minimum absolute atomic E-state index is 0.0800. The van der Waals surface area contributed by atoms with Crippen molar-refractivity contribution in [1.29, 1.82) is 0 Å². The molecule has 8 heteroatoms. The molecule has 0 spiro atoms. The van der Waals surface area contributed by atoms with Crippen LogP contribution in [0, 0.1) is 6.92 Å². The lowest BCUT2D eigenvalue weighted by Gasteiger charge is -2.16. The van der Waals surface area contributed by atoms with Gasteiger partial charge in [0.15, 0.2) is 0 Å². The fourth-order valence-corrected chi connectivity index (χ4v) is 4.92. The monoisotopic (exact) mass is 377 g/mol. The number of carbonyl (C=O) groups is 3. The Balaban J connectivity index is 1.42. The van der Waals surface area contributed by atoms with Gasteiger partial charge in [-0.15, -0.1) is 0 Å². The zero-order valence-electron chi connectivity index (χ0n) is 14.6. The molecular weight excluding hydrogens is 354 g/mol. The number of nitrogens with one attached hydrogen (secondary N) is 3. The maximum Gasteiger partial charge on any atom is 0.335 e. The third-order valence-corrected chi connectivity index (χ3v) is 6.35. The van der Waals surface area contributed by atoms with Crippen molar-refractivity contribution in [3.8, 4) is 0 Å². The van der Waals surface area contributed by atoms with Crippen molar-refractivity contribution in [3.63, 3.8) is 0 Å². The number of hydrogen-bond donors (Lipinski definition) is 4. The third kappa shape index (κ3) is 4.30. The average molecular weight is 377 g/mol. The summed E-state index contributed by atoms with van der Waals surface area (Å²) in [5.41, 5.74) is 1.54. The van der Waals surface area contributed by atoms with Crippen molar-refractivity contribution < 1.29 is 19.5 Å². The molecule has 140 valence electrons. The van der Waals surface area contributed by atoms with Crippen LogP contribution in [0.15, 0.2) is 18.2 Å². The lowest BCUT2D eigenvalue weighted by Crippen LogP contribution is -2.36. The highest BCUT2D eigenvalue weighted by Gasteiger charge is 2.42. The summed E-state index contributed by atoms with van der Waals surface area (Å²) < 4.78 is 0. The Hall–Kier alpha value is -2.22. The van der Waals surface area contributed by atoms with Gasteiger partial charge in [0.25, 0.3) is 0 Å². The summed E-state index contributed by atoms with van der Waals surface area (Å²) in [6, 6.07) is 5.05. The van der Waals surface area contributed by atoms with Crippen molar-refractivity contribution in [2.24, 2.45) is 0 Å². The molecule has 2 saturated heterocycles. The summed E-state index contributed by atoms with van der Waals surface area (Å²) in [6.07, 6.45) is 3.04. The highest BCUT2D eigenvalue weighted by molar-refractivity contribution is 8.00. The Bertz CT molecular complexity index is 724. The van der Waals surface area contributed by atoms with Gasteiger partial charge >= 0.3 is 12.0 Å². The summed E-state index contributed by atoms with van der Waals surface area (Å²) in [5.74, 6) is -0.182. The molecule has 4 N–H and O–H groups in total. The normalized spacial score (nSPS) is 23.9. The number of rotatable bonds is 7. The van der Waals surface area contributed by atoms with Crippen LogP contribution in [0.2, 0.25) is 0 Å². The lowest BCUT2D eigenvalue weighted by atomic mass is 10.0. The number of fused-ring (bicyclic) bond motifs is 1. The molecule has 3 atom stereocenters. The topological polar surface area (TPSA) is 108 Å². The summed E-state index contributed by atoms with van der Waals surface area (Å²) in [7, 11) is 0. The lowest BCUT2D eigenvalue weighted by molar-refractivity contribution is -0.116. The van der Waals surface area contributed by atoms with Crippen molar-refractivity contribution in [2.75, 3.05) is 11.1 Å². The predicted octanol–water partition coefficient (Wildman–Crippen LogP) is 2.36. The fourth-order valence-electron chi connectivity index (χ4n) is 3.38. The van der Waals surface area contributed by atoms with Gasteiger partial charge in [-0.05, 0) is 37.5 Å². The summed E-state index contributed by atoms with van der Waals surface area (Å²) in [6.45, 7) is 1.83. The average Bonchev–Trinajstić information content (AvgIpc) is 3.13. The van der Waals surface area contributed by atoms with Crippen LogP contribution < -0.4 is 16.0 Å². The van der Waals surface area contributed by atoms with E-state index in [2.05, 4.69) is 16.0 Å². The van der Waals surface area contributed by atoms with E-state index in [1.165, 1.54) is 12.1 Å². The van der Waals surface area contributed by atoms with E-state index in [4.69, 9.17) is 5.11 Å². The minimum atomic E-state index is -1.01. The van der Waals surface area contributed by atoms with Crippen molar-refractivity contribution in [3.05, 3.63) is 29.3 Å². The van der Waals surface area contributed by atoms with Crippen LogP contribution in [-0.4, -0.2) is 46.1 Å². The largest absolute Gasteiger partial charge is 0.478 e. The number of aromatic carboxylic acids is 1. The Morgan fingerprint density at radius 2 is 2.12 bits per heavy atom. The molecule has 26 heavy (non-hydrogen) atoms. The van der Waals surface area contributed by atoms with Crippen LogP contribution in [-0.2, 0) is 4.79 Å². The first-order valence-corrected chi connectivity index (χ1v) is 9.81. The Morgan fingerprint density at radius 3 is 2.88 bits per heavy atom. The van der Waals surface area contributed by atoms with E-state index >= 15 is 0 Å². The first kappa shape index (κ1) is 18.6. The molecule has 3 amide bonds. The van der Waals surface area contributed by atoms with Crippen molar-refractivity contribution in [2.45, 2.75) is 49.9 Å². The molecule has 0 aromatic heterocycles. The molecule has 0 unspecified atom stereocenters. The number of carboxylic acid groups (broad SMARTS) is 1. The summed E-state index contributed by atoms with van der Waals surface area (Å²) >= 11 is 1.87. The maximum absolute atomic E-state index is 12.1. The summed E-state index contributed by atoms with van der Waals surface area (Å²) in [4.78, 5) is 34.5. The van der Waals surface area contributed by atoms with Gasteiger partial charge in [-0.1, -0.05) is 12.5 Å². The number of amides is 3. The second-order valence-corrected chi connectivity index (χ2v) is 8.02. The van der Waals surface area contributed by atoms with E-state index in [-0.39, 0.29) is 29.6 Å². The molecule has 2 fully saturated rings. The van der Waals surface area contributed by atoms with E-state index in [9.17, 15) is 14.4 Å². The first-order valence-electron chi connectivity index (χ1n) is 8.76. The zero-order chi connectivity index (χ0) is 18.7. The van der Waals surface area contributed by atoms with Gasteiger partial charge in [0.1, 0.15) is 0 Å². The fraction of sp³-hybridized carbons (Fsp3) is 0.500. The molecule has 1 aromatic rings. The molecule has 0 radical (unpaired) electrons. The van der Waals surface area contributed by atoms with E-state index in [0.717, 1.165) is 30.6 Å². The van der Waals surface area contributed by atoms with E-state index in [0.29, 0.717) is 17.4 Å². The van der Waals surface area contributed by atoms with Crippen LogP contribution >= 0.6 is 11.8 Å². The van der Waals surface area contributed by atoms with Gasteiger partial charge in [0.05, 0.1) is 17.6 Å². The molecule has 2 heterocycles. The van der Waals surface area contributed by atoms with E-state index < -0.39 is 5.97 Å². The number of thioether (sulfide) groups is 1. The number of carbonyl (C=O) groups excluding carboxylic acids is 2. The first-order chi connectivity index (χ1) is 12.4. The van der Waals surface area contributed by atoms with Gasteiger partial charge in [-0.3, -0.25) is 4.79 Å². The molecule has 0 bridgehead atoms. The maximum atomic E-state index is 12.1. The van der Waals surface area contributed by atoms with Crippen LogP contribution in [0.1, 0.15) is 41.6 Å². The van der Waals surface area contributed by atoms with Gasteiger partial charge in [-0.25, -0.2) is 9.59 Å². The van der Waals surface area contributed by atoms with Crippen LogP contribution in [0.4, 0.5) is 10.5 Å². The van der Waals surface area contributed by atoms with Gasteiger partial charge in [0.2, 0.25) is 5.91 Å². The molecule has 1 aromatic carbocycles. The highest BCUT2D eigenvalue weighted by atomic mass is 32.2. The van der Waals surface area contributed by atoms with E-state index in [1.54, 1.807) is 6.07 Å². The van der Waals surface area contributed by atoms with Gasteiger partial charge in [0, 0.05) is 23.1 Å². The predicted molar refractivity (Wildman–Crippen MR) is 101 cm³/mol. The Labute approximate surface area is 156 Å². The second kappa shape index (κ2) is 7.99. The number of unbranched alkanes of at least 4 members (excludes halogenated alkanes) is 1. The molecule has 7 nitrogen and oxygen atoms in total. The van der Waals surface area contributed by atoms with Crippen LogP contribution in [0.5, 0.6) is 0 Å². The number of hydrogen-bond acceptors (Lipinski definition) is 4. The molecule has 2 aliphatic rings. The number of benzene rings is 1. The van der Waals surface area contributed by atoms with Crippen molar-refractivity contribution >= 4 is 35.4 Å². The van der Waals surface area contributed by atoms with Crippen molar-refractivity contribution in [1.82, 2.24) is 10.6 Å². The van der Waals surface area contributed by atoms with E-state index in [1.807, 2.05) is 18.7 Å². The molecule has 0 aliphatic carbocycles. The third-order valence-electron chi connectivity index (χ3n) is 4.84. The van der Waals surface area contributed by atoms with Crippen LogP contribution in [0.3, 0.4) is 0 Å². The number of aryl methyl sites for hydroxylation is 1. The molecule has 0 saturated carbocycles. The van der Waals surface area contributed by atoms with Gasteiger partial charge in [-0.2, -0.15) is 11.8 Å². The minimum Gasteiger partial charge on any atom is -0.478 e. The van der Waals surface area contributed by atoms with Crippen LogP contribution in [0.25, 0.3) is 0 Å². The number of anilines is 1. The zero-order valence-corrected chi connectivity index (χ0v) is 15.4. The smallest absolute Gasteiger partial charge is 0.335 e. The SMILES string of the molecule is Cc1ccc(C(=O)O)cc1NC(=O)CCCC[C@@H]1SC[C@@H]2NC(=O)N[C@@H]21. The molecular formula is C18H23N3O4S. The summed E-state index contributed by atoms with van der Waals surface area (Å²) in [5, 5.41) is 18.1. The number of carboxylic acids is 1. The second-order valence-electron chi connectivity index (χ2n) is 6.75. The standard InChI is InChI=1S/C18H23N3O4S/c1-10-6-7-11(17(23)24)8-12(10)19-15(22)5-3-2-4-14-16-13(9-26-14)20-18(25)21-16/h6-8,13-14,16H,2-5,9H2,1H3,(H,19,22)(H,23,24)(H2,20,21,25)/t13-,14-,16-/m0/s1. The molecule has 3 rings (SSSR count). The highest BCUT2D eigenvalue weighted by Crippen LogP contribution is 2.33. The Kier molecular flexibility index (Phi) is 5.70. The number of urea groups is 1. The Morgan fingerprint density at radius 1 is 1.31 bits per heavy atom. The van der Waals surface area contributed by atoms with Gasteiger partial charge < -0.3 is 21.1 Å². The molecule has 2 aliphatic heterocycles.